The van der Waals surface area contributed by atoms with Crippen molar-refractivity contribution in [2.24, 2.45) is 0 Å². The summed E-state index contributed by atoms with van der Waals surface area (Å²) in [6, 6.07) is 11.3. The fraction of sp³-hybridized carbons (Fsp3) is 0.267. The van der Waals surface area contributed by atoms with Gasteiger partial charge in [-0.2, -0.15) is 5.26 Å². The molecule has 0 bridgehead atoms. The number of hydrogen-bond acceptors (Lipinski definition) is 5. The van der Waals surface area contributed by atoms with Crippen molar-refractivity contribution >= 4 is 5.82 Å². The zero-order valence-corrected chi connectivity index (χ0v) is 11.5. The third kappa shape index (κ3) is 3.95. The molecule has 1 heterocycles. The van der Waals surface area contributed by atoms with Crippen LogP contribution in [0, 0.1) is 11.3 Å². The quantitative estimate of drug-likeness (QED) is 0.902. The molecule has 0 saturated carbocycles. The topological polar surface area (TPSA) is 70.8 Å². The van der Waals surface area contributed by atoms with E-state index in [2.05, 4.69) is 21.4 Å². The first-order chi connectivity index (χ1) is 9.67. The van der Waals surface area contributed by atoms with Gasteiger partial charge in [0.05, 0.1) is 17.7 Å². The maximum Gasteiger partial charge on any atom is 0.218 e. The summed E-state index contributed by atoms with van der Waals surface area (Å²) in [4.78, 5) is 8.18. The van der Waals surface area contributed by atoms with Crippen LogP contribution in [0.2, 0.25) is 0 Å². The lowest BCUT2D eigenvalue weighted by Crippen LogP contribution is -2.08. The van der Waals surface area contributed by atoms with Gasteiger partial charge in [-0.3, -0.25) is 0 Å². The third-order valence-electron chi connectivity index (χ3n) is 2.53. The summed E-state index contributed by atoms with van der Waals surface area (Å²) in [7, 11) is 0. The molecule has 0 saturated heterocycles. The Morgan fingerprint density at radius 3 is 2.90 bits per heavy atom. The number of nitrogens with one attached hydrogen (secondary N) is 1. The van der Waals surface area contributed by atoms with Crippen LogP contribution >= 0.6 is 0 Å². The van der Waals surface area contributed by atoms with Gasteiger partial charge < -0.3 is 10.1 Å². The molecule has 1 N–H and O–H groups in total. The highest BCUT2D eigenvalue weighted by Gasteiger charge is 2.02. The van der Waals surface area contributed by atoms with Crippen LogP contribution in [0.1, 0.15) is 25.0 Å². The standard InChI is InChI=1S/C15H16N4O/c1-11(2)20-15-7-14(18-10-19-15)17-9-13-5-3-4-12(6-13)8-16/h3-7,10-11H,9H2,1-2H3,(H,17,18,19). The Bertz CT molecular complexity index is 619. The zero-order valence-electron chi connectivity index (χ0n) is 11.5. The molecule has 1 aromatic carbocycles. The van der Waals surface area contributed by atoms with Crippen molar-refractivity contribution < 1.29 is 4.74 Å². The van der Waals surface area contributed by atoms with E-state index in [9.17, 15) is 0 Å². The molecule has 0 atom stereocenters. The van der Waals surface area contributed by atoms with Gasteiger partial charge in [-0.05, 0) is 31.5 Å². The van der Waals surface area contributed by atoms with E-state index in [1.54, 1.807) is 12.1 Å². The van der Waals surface area contributed by atoms with Crippen LogP contribution in [0.4, 0.5) is 5.82 Å². The first kappa shape index (κ1) is 13.8. The molecule has 0 radical (unpaired) electrons. The number of rotatable bonds is 5. The first-order valence-corrected chi connectivity index (χ1v) is 6.39. The lowest BCUT2D eigenvalue weighted by atomic mass is 10.1. The second-order valence-corrected chi connectivity index (χ2v) is 4.57. The van der Waals surface area contributed by atoms with Crippen LogP contribution in [-0.2, 0) is 6.54 Å². The van der Waals surface area contributed by atoms with Gasteiger partial charge in [-0.25, -0.2) is 9.97 Å². The maximum atomic E-state index is 8.86. The van der Waals surface area contributed by atoms with Gasteiger partial charge in [0.15, 0.2) is 0 Å². The number of benzene rings is 1. The molecule has 2 rings (SSSR count). The molecule has 5 nitrogen and oxygen atoms in total. The number of hydrogen-bond donors (Lipinski definition) is 1. The average Bonchev–Trinajstić information content (AvgIpc) is 2.45. The second kappa shape index (κ2) is 6.53. The SMILES string of the molecule is CC(C)Oc1cc(NCc2cccc(C#N)c2)ncn1. The number of aromatic nitrogens is 2. The van der Waals surface area contributed by atoms with Crippen LogP contribution in [0.3, 0.4) is 0 Å². The van der Waals surface area contributed by atoms with Gasteiger partial charge >= 0.3 is 0 Å². The molecule has 102 valence electrons. The molecule has 0 unspecified atom stereocenters. The van der Waals surface area contributed by atoms with Gasteiger partial charge in [0.1, 0.15) is 12.1 Å². The molecule has 0 aliphatic heterocycles. The number of anilines is 1. The van der Waals surface area contributed by atoms with Crippen LogP contribution in [-0.4, -0.2) is 16.1 Å². The summed E-state index contributed by atoms with van der Waals surface area (Å²) in [6.45, 7) is 4.48. The average molecular weight is 268 g/mol. The highest BCUT2D eigenvalue weighted by atomic mass is 16.5. The van der Waals surface area contributed by atoms with E-state index in [-0.39, 0.29) is 6.10 Å². The Labute approximate surface area is 118 Å². The summed E-state index contributed by atoms with van der Waals surface area (Å²) in [5.41, 5.74) is 1.67. The Morgan fingerprint density at radius 2 is 2.15 bits per heavy atom. The van der Waals surface area contributed by atoms with E-state index in [1.165, 1.54) is 6.33 Å². The molecule has 0 aliphatic rings. The largest absolute Gasteiger partial charge is 0.475 e. The van der Waals surface area contributed by atoms with E-state index in [4.69, 9.17) is 10.00 Å². The van der Waals surface area contributed by atoms with E-state index < -0.39 is 0 Å². The van der Waals surface area contributed by atoms with Gasteiger partial charge in [-0.15, -0.1) is 0 Å². The van der Waals surface area contributed by atoms with E-state index in [1.807, 2.05) is 32.0 Å². The van der Waals surface area contributed by atoms with Crippen LogP contribution in [0.25, 0.3) is 0 Å². The molecule has 2 aromatic rings. The summed E-state index contributed by atoms with van der Waals surface area (Å²) in [5, 5.41) is 12.0. The molecule has 20 heavy (non-hydrogen) atoms. The summed E-state index contributed by atoms with van der Waals surface area (Å²) >= 11 is 0. The van der Waals surface area contributed by atoms with Crippen molar-refractivity contribution in [3.05, 3.63) is 47.8 Å². The van der Waals surface area contributed by atoms with Crippen LogP contribution in [0.15, 0.2) is 36.7 Å². The Morgan fingerprint density at radius 1 is 1.30 bits per heavy atom. The van der Waals surface area contributed by atoms with Gasteiger partial charge in [-0.1, -0.05) is 12.1 Å². The van der Waals surface area contributed by atoms with Crippen molar-refractivity contribution in [3.63, 3.8) is 0 Å². The van der Waals surface area contributed by atoms with Crippen LogP contribution in [0.5, 0.6) is 5.88 Å². The molecule has 5 heteroatoms. The summed E-state index contributed by atoms with van der Waals surface area (Å²) in [5.74, 6) is 1.24. The molecule has 0 aliphatic carbocycles. The molecular weight excluding hydrogens is 252 g/mol. The van der Waals surface area contributed by atoms with Crippen molar-refractivity contribution in [3.8, 4) is 11.9 Å². The molecule has 1 aromatic heterocycles. The van der Waals surface area contributed by atoms with Crippen molar-refractivity contribution in [2.75, 3.05) is 5.32 Å². The minimum Gasteiger partial charge on any atom is -0.475 e. The van der Waals surface area contributed by atoms with Crippen molar-refractivity contribution in [1.82, 2.24) is 9.97 Å². The highest BCUT2D eigenvalue weighted by Crippen LogP contribution is 2.14. The first-order valence-electron chi connectivity index (χ1n) is 6.39. The Balaban J connectivity index is 2.01. The van der Waals surface area contributed by atoms with Crippen molar-refractivity contribution in [2.45, 2.75) is 26.5 Å². The summed E-state index contributed by atoms with van der Waals surface area (Å²) < 4.78 is 5.51. The molecule has 0 amide bonds. The number of nitriles is 1. The predicted octanol–water partition coefficient (Wildman–Crippen LogP) is 2.75. The van der Waals surface area contributed by atoms with E-state index in [0.29, 0.717) is 23.8 Å². The van der Waals surface area contributed by atoms with Gasteiger partial charge in [0.2, 0.25) is 5.88 Å². The van der Waals surface area contributed by atoms with E-state index in [0.717, 1.165) is 5.56 Å². The third-order valence-corrected chi connectivity index (χ3v) is 2.53. The second-order valence-electron chi connectivity index (χ2n) is 4.57. The van der Waals surface area contributed by atoms with Gasteiger partial charge in [0, 0.05) is 12.6 Å². The minimum absolute atomic E-state index is 0.0741. The fourth-order valence-electron chi connectivity index (χ4n) is 1.69. The zero-order chi connectivity index (χ0) is 14.4. The fourth-order valence-corrected chi connectivity index (χ4v) is 1.69. The minimum atomic E-state index is 0.0741. The van der Waals surface area contributed by atoms with Gasteiger partial charge in [0.25, 0.3) is 0 Å². The Kier molecular flexibility index (Phi) is 4.51. The number of nitrogens with zero attached hydrogens (tertiary/aromatic N) is 3. The highest BCUT2D eigenvalue weighted by molar-refractivity contribution is 5.39. The smallest absolute Gasteiger partial charge is 0.218 e. The van der Waals surface area contributed by atoms with Crippen LogP contribution < -0.4 is 10.1 Å². The van der Waals surface area contributed by atoms with Crippen molar-refractivity contribution in [1.29, 1.82) is 5.26 Å². The molecule has 0 fully saturated rings. The lowest BCUT2D eigenvalue weighted by molar-refractivity contribution is 0.232. The molecular formula is C15H16N4O. The van der Waals surface area contributed by atoms with E-state index >= 15 is 0 Å². The lowest BCUT2D eigenvalue weighted by Gasteiger charge is -2.10. The predicted molar refractivity (Wildman–Crippen MR) is 76.3 cm³/mol. The number of ether oxygens (including phenoxy) is 1. The monoisotopic (exact) mass is 268 g/mol. The normalized spacial score (nSPS) is 10.1. The maximum absolute atomic E-state index is 8.86. The Hall–Kier alpha value is -2.61. The molecule has 0 spiro atoms. The summed E-state index contributed by atoms with van der Waals surface area (Å²) in [6.07, 6.45) is 1.54.